The van der Waals surface area contributed by atoms with Gasteiger partial charge in [-0.1, -0.05) is 6.07 Å². The molecule has 0 amide bonds. The Hall–Kier alpha value is -2.61. The third-order valence-corrected chi connectivity index (χ3v) is 1.92. The number of anilines is 3. The molecule has 1 aromatic heterocycles. The molecule has 0 atom stereocenters. The van der Waals surface area contributed by atoms with Crippen LogP contribution in [0.3, 0.4) is 0 Å². The fourth-order valence-electron chi connectivity index (χ4n) is 1.20. The molecule has 0 fully saturated rings. The second-order valence-electron chi connectivity index (χ2n) is 3.16. The second kappa shape index (κ2) is 4.28. The summed E-state index contributed by atoms with van der Waals surface area (Å²) in [6.07, 6.45) is 3.03. The number of aromatic nitrogens is 2. The monoisotopic (exact) mass is 211 g/mol. The van der Waals surface area contributed by atoms with Crippen LogP contribution in [0.25, 0.3) is 0 Å². The molecule has 5 heteroatoms. The standard InChI is InChI=1S/C11H9N5/c12-5-8-2-1-3-10(4-8)16-11-14-6-9(13)7-15-11/h1-4,6-7H,13H2,(H,14,15,16). The Morgan fingerprint density at radius 2 is 2.00 bits per heavy atom. The van der Waals surface area contributed by atoms with Crippen LogP contribution < -0.4 is 11.1 Å². The minimum absolute atomic E-state index is 0.448. The predicted molar refractivity (Wildman–Crippen MR) is 60.9 cm³/mol. The lowest BCUT2D eigenvalue weighted by atomic mass is 10.2. The topological polar surface area (TPSA) is 87.6 Å². The van der Waals surface area contributed by atoms with E-state index in [4.69, 9.17) is 11.0 Å². The summed E-state index contributed by atoms with van der Waals surface area (Å²) in [5, 5.41) is 11.7. The first-order valence-corrected chi connectivity index (χ1v) is 4.62. The molecule has 2 aromatic rings. The quantitative estimate of drug-likeness (QED) is 0.788. The summed E-state index contributed by atoms with van der Waals surface area (Å²) >= 11 is 0. The lowest BCUT2D eigenvalue weighted by Gasteiger charge is -2.04. The molecule has 0 aliphatic heterocycles. The molecule has 78 valence electrons. The van der Waals surface area contributed by atoms with E-state index in [-0.39, 0.29) is 0 Å². The molecule has 0 aliphatic carbocycles. The number of hydrogen-bond donors (Lipinski definition) is 2. The van der Waals surface area contributed by atoms with Gasteiger partial charge in [-0.2, -0.15) is 5.26 Å². The van der Waals surface area contributed by atoms with Gasteiger partial charge < -0.3 is 11.1 Å². The Bertz CT molecular complexity index is 527. The molecule has 0 spiro atoms. The van der Waals surface area contributed by atoms with Gasteiger partial charge in [-0.3, -0.25) is 0 Å². The normalized spacial score (nSPS) is 9.44. The number of rotatable bonds is 2. The van der Waals surface area contributed by atoms with Gasteiger partial charge in [0.2, 0.25) is 5.95 Å². The first-order valence-electron chi connectivity index (χ1n) is 4.62. The lowest BCUT2D eigenvalue weighted by Crippen LogP contribution is -1.98. The van der Waals surface area contributed by atoms with Crippen LogP contribution >= 0.6 is 0 Å². The van der Waals surface area contributed by atoms with Crippen LogP contribution in [0.1, 0.15) is 5.56 Å². The lowest BCUT2D eigenvalue weighted by molar-refractivity contribution is 1.17. The summed E-state index contributed by atoms with van der Waals surface area (Å²) in [5.41, 5.74) is 7.33. The largest absolute Gasteiger partial charge is 0.396 e. The fraction of sp³-hybridized carbons (Fsp3) is 0. The van der Waals surface area contributed by atoms with Gasteiger partial charge in [-0.25, -0.2) is 9.97 Å². The molecule has 16 heavy (non-hydrogen) atoms. The zero-order chi connectivity index (χ0) is 11.4. The van der Waals surface area contributed by atoms with Crippen LogP contribution in [0, 0.1) is 11.3 Å². The van der Waals surface area contributed by atoms with E-state index in [2.05, 4.69) is 21.4 Å². The Labute approximate surface area is 92.6 Å². The van der Waals surface area contributed by atoms with Crippen LogP contribution in [0.2, 0.25) is 0 Å². The summed E-state index contributed by atoms with van der Waals surface area (Å²) in [5.74, 6) is 0.448. The number of nitrogens with zero attached hydrogens (tertiary/aromatic N) is 3. The summed E-state index contributed by atoms with van der Waals surface area (Å²) in [6, 6.07) is 9.14. The minimum Gasteiger partial charge on any atom is -0.396 e. The van der Waals surface area contributed by atoms with Gasteiger partial charge >= 0.3 is 0 Å². The smallest absolute Gasteiger partial charge is 0.227 e. The number of nitrogen functional groups attached to an aromatic ring is 1. The molecule has 0 bridgehead atoms. The molecule has 0 unspecified atom stereocenters. The second-order valence-corrected chi connectivity index (χ2v) is 3.16. The first-order chi connectivity index (χ1) is 7.78. The van der Waals surface area contributed by atoms with Gasteiger partial charge in [-0.15, -0.1) is 0 Å². The van der Waals surface area contributed by atoms with Crippen molar-refractivity contribution in [2.75, 3.05) is 11.1 Å². The van der Waals surface area contributed by atoms with E-state index in [1.807, 2.05) is 6.07 Å². The average molecular weight is 211 g/mol. The highest BCUT2D eigenvalue weighted by Gasteiger charge is 1.98. The van der Waals surface area contributed by atoms with Gasteiger partial charge in [0.1, 0.15) is 0 Å². The van der Waals surface area contributed by atoms with Crippen LogP contribution in [0.5, 0.6) is 0 Å². The summed E-state index contributed by atoms with van der Waals surface area (Å²) in [7, 11) is 0. The molecule has 0 saturated heterocycles. The van der Waals surface area contributed by atoms with Gasteiger partial charge in [0.15, 0.2) is 0 Å². The van der Waals surface area contributed by atoms with Gasteiger partial charge in [0, 0.05) is 5.69 Å². The van der Waals surface area contributed by atoms with E-state index in [1.165, 1.54) is 12.4 Å². The summed E-state index contributed by atoms with van der Waals surface area (Å²) in [6.45, 7) is 0. The van der Waals surface area contributed by atoms with Crippen molar-refractivity contribution in [2.45, 2.75) is 0 Å². The number of hydrogen-bond acceptors (Lipinski definition) is 5. The Kier molecular flexibility index (Phi) is 2.65. The van der Waals surface area contributed by atoms with Crippen LogP contribution in [0.4, 0.5) is 17.3 Å². The maximum atomic E-state index is 8.74. The van der Waals surface area contributed by atoms with Crippen molar-refractivity contribution in [1.82, 2.24) is 9.97 Å². The number of nitrogens with one attached hydrogen (secondary N) is 1. The Morgan fingerprint density at radius 1 is 1.25 bits per heavy atom. The number of benzene rings is 1. The van der Waals surface area contributed by atoms with Crippen molar-refractivity contribution in [3.8, 4) is 6.07 Å². The predicted octanol–water partition coefficient (Wildman–Crippen LogP) is 1.67. The van der Waals surface area contributed by atoms with Crippen molar-refractivity contribution in [3.63, 3.8) is 0 Å². The zero-order valence-electron chi connectivity index (χ0n) is 8.38. The van der Waals surface area contributed by atoms with E-state index < -0.39 is 0 Å². The van der Waals surface area contributed by atoms with E-state index in [0.29, 0.717) is 17.2 Å². The zero-order valence-corrected chi connectivity index (χ0v) is 8.38. The van der Waals surface area contributed by atoms with E-state index in [0.717, 1.165) is 5.69 Å². The van der Waals surface area contributed by atoms with Crippen molar-refractivity contribution < 1.29 is 0 Å². The third kappa shape index (κ3) is 2.25. The van der Waals surface area contributed by atoms with Crippen molar-refractivity contribution >= 4 is 17.3 Å². The van der Waals surface area contributed by atoms with Crippen molar-refractivity contribution in [2.24, 2.45) is 0 Å². The molecular formula is C11H9N5. The highest BCUT2D eigenvalue weighted by atomic mass is 15.1. The van der Waals surface area contributed by atoms with Crippen LogP contribution in [-0.4, -0.2) is 9.97 Å². The molecule has 0 aliphatic rings. The number of nitrogens with two attached hydrogens (primary N) is 1. The van der Waals surface area contributed by atoms with Crippen LogP contribution in [0.15, 0.2) is 36.7 Å². The van der Waals surface area contributed by atoms with Gasteiger partial charge in [0.05, 0.1) is 29.7 Å². The molecule has 3 N–H and O–H groups in total. The molecule has 0 radical (unpaired) electrons. The highest BCUT2D eigenvalue weighted by molar-refractivity contribution is 5.56. The molecule has 2 rings (SSSR count). The third-order valence-electron chi connectivity index (χ3n) is 1.92. The SMILES string of the molecule is N#Cc1cccc(Nc2ncc(N)cn2)c1. The minimum atomic E-state index is 0.448. The molecule has 1 heterocycles. The molecule has 0 saturated carbocycles. The average Bonchev–Trinajstić information content (AvgIpc) is 2.32. The Balaban J connectivity index is 2.21. The Morgan fingerprint density at radius 3 is 2.69 bits per heavy atom. The number of nitriles is 1. The molecular weight excluding hydrogens is 202 g/mol. The van der Waals surface area contributed by atoms with Crippen molar-refractivity contribution in [3.05, 3.63) is 42.2 Å². The van der Waals surface area contributed by atoms with E-state index in [9.17, 15) is 0 Å². The first kappa shape index (κ1) is 9.93. The van der Waals surface area contributed by atoms with Gasteiger partial charge in [-0.05, 0) is 18.2 Å². The fourth-order valence-corrected chi connectivity index (χ4v) is 1.20. The molecule has 5 nitrogen and oxygen atoms in total. The maximum Gasteiger partial charge on any atom is 0.227 e. The maximum absolute atomic E-state index is 8.74. The highest BCUT2D eigenvalue weighted by Crippen LogP contribution is 2.14. The van der Waals surface area contributed by atoms with E-state index in [1.54, 1.807) is 18.2 Å². The summed E-state index contributed by atoms with van der Waals surface area (Å²) in [4.78, 5) is 8.00. The van der Waals surface area contributed by atoms with Crippen LogP contribution in [-0.2, 0) is 0 Å². The summed E-state index contributed by atoms with van der Waals surface area (Å²) < 4.78 is 0. The van der Waals surface area contributed by atoms with Crippen molar-refractivity contribution in [1.29, 1.82) is 5.26 Å². The van der Waals surface area contributed by atoms with Gasteiger partial charge in [0.25, 0.3) is 0 Å². The molecule has 1 aromatic carbocycles. The van der Waals surface area contributed by atoms with E-state index >= 15 is 0 Å².